The minimum absolute atomic E-state index is 0.00591. The van der Waals surface area contributed by atoms with Crippen molar-refractivity contribution in [2.45, 2.75) is 93.7 Å². The molecule has 4 amide bonds. The summed E-state index contributed by atoms with van der Waals surface area (Å²) in [5, 5.41) is 9.80. The smallest absolute Gasteiger partial charge is 0.259 e. The van der Waals surface area contributed by atoms with Crippen LogP contribution in [0.4, 0.5) is 0 Å². The van der Waals surface area contributed by atoms with Crippen LogP contribution in [0.5, 0.6) is 0 Å². The fourth-order valence-electron chi connectivity index (χ4n) is 7.90. The summed E-state index contributed by atoms with van der Waals surface area (Å²) >= 11 is 0. The maximum atomic E-state index is 14.6. The summed E-state index contributed by atoms with van der Waals surface area (Å²) in [5.41, 5.74) is 4.05. The van der Waals surface area contributed by atoms with Gasteiger partial charge in [0.05, 0.1) is 17.4 Å². The molecule has 3 heterocycles. The first-order valence-electron chi connectivity index (χ1n) is 19.1. The first-order valence-corrected chi connectivity index (χ1v) is 20.6. The van der Waals surface area contributed by atoms with Gasteiger partial charge in [-0.2, -0.15) is 0 Å². The van der Waals surface area contributed by atoms with Crippen molar-refractivity contribution in [2.75, 3.05) is 6.54 Å². The first-order chi connectivity index (χ1) is 26.5. The molecule has 2 aromatic carbocycles. The summed E-state index contributed by atoms with van der Waals surface area (Å²) in [7, 11) is -3.89. The average molecular weight is 765 g/mol. The molecule has 2 unspecified atom stereocenters. The molecule has 0 bridgehead atoms. The highest BCUT2D eigenvalue weighted by atomic mass is 32.2. The molecule has 5 aliphatic rings. The molecule has 3 aliphatic carbocycles. The van der Waals surface area contributed by atoms with Gasteiger partial charge in [0.15, 0.2) is 0 Å². The van der Waals surface area contributed by atoms with Crippen LogP contribution >= 0.6 is 0 Å². The first kappa shape index (κ1) is 36.6. The van der Waals surface area contributed by atoms with E-state index in [1.807, 2.05) is 67.6 Å². The number of hydrogen-bond donors (Lipinski definition) is 3. The highest BCUT2D eigenvalue weighted by Crippen LogP contribution is 2.46. The zero-order chi connectivity index (χ0) is 38.3. The molecule has 3 aromatic rings. The fraction of sp³-hybridized carbons (Fsp3) is 0.415. The van der Waals surface area contributed by atoms with E-state index in [0.717, 1.165) is 40.8 Å². The topological polar surface area (TPSA) is 176 Å². The molecular formula is C41H44N6O7S. The number of pyridine rings is 1. The Bertz CT molecular complexity index is 2150. The zero-order valence-corrected chi connectivity index (χ0v) is 31.4. The van der Waals surface area contributed by atoms with Gasteiger partial charge in [0.2, 0.25) is 21.8 Å². The number of benzene rings is 2. The molecule has 14 heteroatoms. The Balaban J connectivity index is 1.10. The summed E-state index contributed by atoms with van der Waals surface area (Å²) in [6.45, 7) is 1.81. The Morgan fingerprint density at radius 2 is 1.65 bits per heavy atom. The Morgan fingerprint density at radius 3 is 2.33 bits per heavy atom. The normalized spacial score (nSPS) is 26.9. The molecule has 1 aromatic heterocycles. The van der Waals surface area contributed by atoms with Crippen LogP contribution in [0.3, 0.4) is 0 Å². The van der Waals surface area contributed by atoms with Crippen LogP contribution in [0, 0.1) is 12.8 Å². The molecule has 55 heavy (non-hydrogen) atoms. The van der Waals surface area contributed by atoms with E-state index in [4.69, 9.17) is 4.84 Å². The number of aryl methyl sites for hydroxylation is 1. The van der Waals surface area contributed by atoms with Gasteiger partial charge in [0, 0.05) is 35.4 Å². The molecule has 286 valence electrons. The van der Waals surface area contributed by atoms with Crippen molar-refractivity contribution in [3.63, 3.8) is 0 Å². The van der Waals surface area contributed by atoms with Crippen molar-refractivity contribution in [3.8, 4) is 11.1 Å². The number of nitrogens with one attached hydrogen (secondary N) is 3. The minimum Gasteiger partial charge on any atom is -0.390 e. The van der Waals surface area contributed by atoms with Crippen molar-refractivity contribution >= 4 is 39.4 Å². The molecule has 2 saturated carbocycles. The lowest BCUT2D eigenvalue weighted by molar-refractivity contribution is -0.141. The van der Waals surface area contributed by atoms with Crippen molar-refractivity contribution < 1.29 is 32.4 Å². The number of amides is 4. The van der Waals surface area contributed by atoms with E-state index in [1.165, 1.54) is 11.1 Å². The number of rotatable bonds is 7. The summed E-state index contributed by atoms with van der Waals surface area (Å²) in [6.07, 6.45) is 9.08. The minimum atomic E-state index is -3.89. The van der Waals surface area contributed by atoms with Gasteiger partial charge in [-0.15, -0.1) is 0 Å². The predicted octanol–water partition coefficient (Wildman–Crippen LogP) is 3.91. The van der Waals surface area contributed by atoms with Gasteiger partial charge in [-0.1, -0.05) is 78.7 Å². The highest BCUT2D eigenvalue weighted by molar-refractivity contribution is 7.91. The number of nitrogens with zero attached hydrogens (tertiary/aromatic N) is 3. The highest BCUT2D eigenvalue weighted by Gasteiger charge is 2.62. The molecule has 8 rings (SSSR count). The second-order valence-corrected chi connectivity index (χ2v) is 17.2. The summed E-state index contributed by atoms with van der Waals surface area (Å²) in [6, 6.07) is 17.1. The van der Waals surface area contributed by atoms with Crippen LogP contribution in [0.25, 0.3) is 11.1 Å². The van der Waals surface area contributed by atoms with E-state index in [2.05, 4.69) is 25.5 Å². The van der Waals surface area contributed by atoms with Crippen molar-refractivity contribution in [3.05, 3.63) is 101 Å². The van der Waals surface area contributed by atoms with Crippen LogP contribution in [-0.2, 0) is 29.2 Å². The zero-order valence-electron chi connectivity index (χ0n) is 30.6. The van der Waals surface area contributed by atoms with Crippen LogP contribution in [0.2, 0.25) is 0 Å². The summed E-state index contributed by atoms with van der Waals surface area (Å²) in [5.74, 6) is -2.73. The van der Waals surface area contributed by atoms with Gasteiger partial charge in [-0.05, 0) is 68.7 Å². The number of hydrogen-bond acceptors (Lipinski definition) is 9. The number of sulfonamides is 1. The predicted molar refractivity (Wildman–Crippen MR) is 204 cm³/mol. The number of carbonyl (C=O) groups is 4. The largest absolute Gasteiger partial charge is 0.390 e. The van der Waals surface area contributed by atoms with Crippen molar-refractivity contribution in [2.24, 2.45) is 11.1 Å². The van der Waals surface area contributed by atoms with E-state index >= 15 is 0 Å². The number of fused-ring (bicyclic) bond motifs is 5. The Hall–Kier alpha value is -5.37. The van der Waals surface area contributed by atoms with Crippen LogP contribution < -0.4 is 15.4 Å². The van der Waals surface area contributed by atoms with E-state index in [1.54, 1.807) is 12.1 Å². The van der Waals surface area contributed by atoms with Crippen LogP contribution in [0.15, 0.2) is 84.2 Å². The Morgan fingerprint density at radius 1 is 0.945 bits per heavy atom. The maximum absolute atomic E-state index is 14.6. The van der Waals surface area contributed by atoms with Gasteiger partial charge < -0.3 is 20.4 Å². The molecule has 0 spiro atoms. The molecule has 0 radical (unpaired) electrons. The van der Waals surface area contributed by atoms with Gasteiger partial charge in [0.25, 0.3) is 11.8 Å². The third kappa shape index (κ3) is 7.39. The standard InChI is InChI=1S/C41H44N6O7S/c1-25-17-18-26(23-42-25)37(48)43-34-16-6-4-2-3-5-11-27-22-41(27,40(51)46-55(52,53)29-19-20-29)44-38(49)35-21-28(24-47(35)39(34)50)54-45-36-32-14-9-7-12-30(32)31-13-8-10-15-33(31)36/h5,7-15,17-18,23,27-29,34-35H,2-4,6,16,19-22,24H2,1H3,(H,43,48)(H,44,49)(H,46,51)/b11-5-/t27?,28-,34+,35+,41?/m1/s1. The van der Waals surface area contributed by atoms with E-state index < -0.39 is 68.5 Å². The lowest BCUT2D eigenvalue weighted by Gasteiger charge is -2.30. The molecule has 3 fully saturated rings. The molecular weight excluding hydrogens is 721 g/mol. The third-order valence-electron chi connectivity index (χ3n) is 11.3. The van der Waals surface area contributed by atoms with E-state index in [9.17, 15) is 27.6 Å². The molecule has 1 saturated heterocycles. The quantitative estimate of drug-likeness (QED) is 0.188. The summed E-state index contributed by atoms with van der Waals surface area (Å²) < 4.78 is 27.9. The van der Waals surface area contributed by atoms with E-state index in [0.29, 0.717) is 43.4 Å². The third-order valence-corrected chi connectivity index (χ3v) is 13.1. The number of allylic oxidation sites excluding steroid dienone is 1. The van der Waals surface area contributed by atoms with Crippen LogP contribution in [-0.4, -0.2) is 83.2 Å². The monoisotopic (exact) mass is 764 g/mol. The van der Waals surface area contributed by atoms with Crippen LogP contribution in [0.1, 0.15) is 85.0 Å². The molecule has 3 N–H and O–H groups in total. The number of oxime groups is 1. The lowest BCUT2D eigenvalue weighted by atomic mass is 10.0. The molecule has 5 atom stereocenters. The molecule has 13 nitrogen and oxygen atoms in total. The van der Waals surface area contributed by atoms with Gasteiger partial charge >= 0.3 is 0 Å². The average Bonchev–Trinajstić information content (AvgIpc) is 4.08. The second kappa shape index (κ2) is 14.7. The number of carbonyl (C=O) groups excluding carboxylic acids is 4. The van der Waals surface area contributed by atoms with Gasteiger partial charge in [-0.25, -0.2) is 8.42 Å². The maximum Gasteiger partial charge on any atom is 0.259 e. The SMILES string of the molecule is Cc1ccc(C(=O)N[C@H]2CCCCC/C=C\C3CC3(C(=O)NS(=O)(=O)C3CC3)NC(=O)[C@@H]3C[C@@H](ON=C4c5ccccc5-c5ccccc54)CN3C2=O)cn1. The van der Waals surface area contributed by atoms with E-state index in [-0.39, 0.29) is 19.4 Å². The summed E-state index contributed by atoms with van der Waals surface area (Å²) in [4.78, 5) is 68.0. The van der Waals surface area contributed by atoms with Gasteiger partial charge in [-0.3, -0.25) is 28.9 Å². The number of aromatic nitrogens is 1. The molecule has 2 aliphatic heterocycles. The second-order valence-electron chi connectivity index (χ2n) is 15.2. The van der Waals surface area contributed by atoms with Gasteiger partial charge in [0.1, 0.15) is 29.4 Å². The Labute approximate surface area is 320 Å². The Kier molecular flexibility index (Phi) is 9.78. The van der Waals surface area contributed by atoms with Crippen molar-refractivity contribution in [1.82, 2.24) is 25.2 Å². The fourth-order valence-corrected chi connectivity index (χ4v) is 9.27. The lowest BCUT2D eigenvalue weighted by Crippen LogP contribution is -2.58. The van der Waals surface area contributed by atoms with Crippen molar-refractivity contribution in [1.29, 1.82) is 0 Å².